The molecule has 0 aromatic rings. The largest absolute Gasteiger partial charge is 0.462 e. The molecule has 0 aromatic heterocycles. The van der Waals surface area contributed by atoms with Gasteiger partial charge in [0.1, 0.15) is 12.7 Å². The van der Waals surface area contributed by atoms with Crippen LogP contribution in [0, 0.1) is 47.4 Å². The first-order chi connectivity index (χ1) is 31.9. The van der Waals surface area contributed by atoms with Gasteiger partial charge in [-0.1, -0.05) is 204 Å². The van der Waals surface area contributed by atoms with Gasteiger partial charge >= 0.3 is 11.9 Å². The van der Waals surface area contributed by atoms with Crippen LogP contribution in [0.4, 0.5) is 0 Å². The van der Waals surface area contributed by atoms with Crippen molar-refractivity contribution in [1.29, 1.82) is 0 Å². The summed E-state index contributed by atoms with van der Waals surface area (Å²) in [5.74, 6) is 24.0. The molecule has 0 rings (SSSR count). The van der Waals surface area contributed by atoms with Gasteiger partial charge in [-0.3, -0.25) is 14.4 Å². The summed E-state index contributed by atoms with van der Waals surface area (Å²) in [7, 11) is 3.88. The van der Waals surface area contributed by atoms with E-state index in [1.165, 1.54) is 128 Å². The molecule has 0 aliphatic rings. The Kier molecular flexibility index (Phi) is 48.9. The second-order valence-corrected chi connectivity index (χ2v) is 18.5. The first-order valence-corrected chi connectivity index (χ1v) is 27.1. The fraction of sp³-hybridized carbons (Fsp3) is 0.810. The molecule has 65 heavy (non-hydrogen) atoms. The van der Waals surface area contributed by atoms with Gasteiger partial charge in [0.2, 0.25) is 5.91 Å². The van der Waals surface area contributed by atoms with Crippen LogP contribution in [0.15, 0.2) is 0 Å². The third-order valence-corrected chi connectivity index (χ3v) is 11.7. The van der Waals surface area contributed by atoms with Crippen LogP contribution in [0.2, 0.25) is 0 Å². The summed E-state index contributed by atoms with van der Waals surface area (Å²) in [6, 6.07) is 0. The Labute approximate surface area is 402 Å². The summed E-state index contributed by atoms with van der Waals surface area (Å²) in [6.07, 6.45) is 42.4. The Balaban J connectivity index is 4.11. The van der Waals surface area contributed by atoms with E-state index in [4.69, 9.17) is 9.47 Å². The van der Waals surface area contributed by atoms with Gasteiger partial charge in [-0.15, -0.1) is 0 Å². The number of hydrogen-bond acceptors (Lipinski definition) is 6. The molecule has 0 saturated heterocycles. The van der Waals surface area contributed by atoms with Crippen LogP contribution in [-0.4, -0.2) is 62.6 Å². The number of unbranched alkanes of at least 4 members (excludes halogenated alkanes) is 32. The normalized spacial score (nSPS) is 11.0. The van der Waals surface area contributed by atoms with Crippen LogP contribution < -0.4 is 5.32 Å². The number of ether oxygens (including phenoxy) is 2. The quantitative estimate of drug-likeness (QED) is 0.0372. The summed E-state index contributed by atoms with van der Waals surface area (Å²) < 4.78 is 11.2. The van der Waals surface area contributed by atoms with Gasteiger partial charge in [-0.05, 0) is 76.3 Å². The maximum absolute atomic E-state index is 12.7. The average Bonchev–Trinajstić information content (AvgIpc) is 3.28. The topological polar surface area (TPSA) is 84.9 Å². The molecule has 0 heterocycles. The minimum Gasteiger partial charge on any atom is -0.462 e. The van der Waals surface area contributed by atoms with Crippen molar-refractivity contribution in [3.05, 3.63) is 0 Å². The Morgan fingerprint density at radius 1 is 0.446 bits per heavy atom. The number of esters is 2. The zero-order chi connectivity index (χ0) is 47.4. The highest BCUT2D eigenvalue weighted by molar-refractivity contribution is 5.77. The number of hydrogen-bond donors (Lipinski definition) is 1. The lowest BCUT2D eigenvalue weighted by atomic mass is 10.1. The van der Waals surface area contributed by atoms with Crippen molar-refractivity contribution in [2.75, 3.05) is 33.8 Å². The Bertz CT molecular complexity index is 1380. The molecule has 1 atom stereocenters. The number of nitrogens with one attached hydrogen (secondary N) is 1. The smallest absolute Gasteiger partial charge is 0.306 e. The van der Waals surface area contributed by atoms with E-state index in [-0.39, 0.29) is 37.3 Å². The Hall–Kier alpha value is -3.39. The highest BCUT2D eigenvalue weighted by Crippen LogP contribution is 2.14. The molecule has 7 nitrogen and oxygen atoms in total. The van der Waals surface area contributed by atoms with Crippen molar-refractivity contribution >= 4 is 17.8 Å². The number of likely N-dealkylation sites (N-methyl/N-ethyl adjacent to an activating group) is 1. The molecule has 0 spiro atoms. The monoisotopic (exact) mass is 903 g/mol. The molecular weight excluding hydrogens is 805 g/mol. The standard InChI is InChI=1S/C58H98N2O5/c1-5-7-9-11-13-15-17-19-21-23-25-27-29-31-33-35-37-39-41-43-45-47-49-57(62)64-54-55(53-56(61)59-51-52-60(3)4)65-58(63)50-48-46-44-42-40-38-36-34-32-30-28-26-24-22-20-18-16-14-12-10-8-6-2/h55H,5-26,35-54H2,1-4H3,(H,59,61)/t55-/m0/s1. The van der Waals surface area contributed by atoms with Crippen LogP contribution in [0.25, 0.3) is 0 Å². The van der Waals surface area contributed by atoms with E-state index in [0.717, 1.165) is 103 Å². The molecule has 1 N–H and O–H groups in total. The Morgan fingerprint density at radius 2 is 0.769 bits per heavy atom. The maximum Gasteiger partial charge on any atom is 0.306 e. The van der Waals surface area contributed by atoms with Gasteiger partial charge in [0.15, 0.2) is 0 Å². The lowest BCUT2D eigenvalue weighted by Crippen LogP contribution is -2.36. The molecule has 0 radical (unpaired) electrons. The summed E-state index contributed by atoms with van der Waals surface area (Å²) in [5.41, 5.74) is 0. The van der Waals surface area contributed by atoms with Crippen molar-refractivity contribution in [3.8, 4) is 47.4 Å². The van der Waals surface area contributed by atoms with E-state index in [2.05, 4.69) is 66.5 Å². The van der Waals surface area contributed by atoms with Gasteiger partial charge < -0.3 is 19.7 Å². The van der Waals surface area contributed by atoms with Crippen molar-refractivity contribution in [2.24, 2.45) is 0 Å². The van der Waals surface area contributed by atoms with Crippen molar-refractivity contribution in [1.82, 2.24) is 10.2 Å². The molecule has 1 amide bonds. The lowest BCUT2D eigenvalue weighted by Gasteiger charge is -2.18. The summed E-state index contributed by atoms with van der Waals surface area (Å²) in [5, 5.41) is 2.87. The van der Waals surface area contributed by atoms with Gasteiger partial charge in [0, 0.05) is 51.6 Å². The number of rotatable bonds is 44. The van der Waals surface area contributed by atoms with Crippen LogP contribution >= 0.6 is 0 Å². The van der Waals surface area contributed by atoms with E-state index in [1.807, 2.05) is 19.0 Å². The fourth-order valence-electron chi connectivity index (χ4n) is 7.54. The van der Waals surface area contributed by atoms with Crippen molar-refractivity contribution < 1.29 is 23.9 Å². The average molecular weight is 903 g/mol. The van der Waals surface area contributed by atoms with E-state index >= 15 is 0 Å². The molecule has 0 unspecified atom stereocenters. The van der Waals surface area contributed by atoms with Gasteiger partial charge in [-0.25, -0.2) is 0 Å². The summed E-state index contributed by atoms with van der Waals surface area (Å²) >= 11 is 0. The SMILES string of the molecule is CCCCCCCCCCCCC#CC#CCCCCCCCCC(=O)OC[C@H](CC(=O)NCCN(C)C)OC(=O)CCCCCCCCC#CC#CCCCCCCCCCCCC. The van der Waals surface area contributed by atoms with E-state index in [9.17, 15) is 14.4 Å². The number of amides is 1. The molecule has 0 fully saturated rings. The van der Waals surface area contributed by atoms with Gasteiger partial charge in [-0.2, -0.15) is 0 Å². The second-order valence-electron chi connectivity index (χ2n) is 18.5. The first-order valence-electron chi connectivity index (χ1n) is 27.1. The highest BCUT2D eigenvalue weighted by Gasteiger charge is 2.20. The van der Waals surface area contributed by atoms with Crippen LogP contribution in [0.3, 0.4) is 0 Å². The second kappa shape index (κ2) is 51.6. The summed E-state index contributed by atoms with van der Waals surface area (Å²) in [6.45, 7) is 5.63. The van der Waals surface area contributed by atoms with Gasteiger partial charge in [0.25, 0.3) is 0 Å². The Morgan fingerprint density at radius 3 is 1.12 bits per heavy atom. The molecule has 370 valence electrons. The molecule has 0 aliphatic heterocycles. The van der Waals surface area contributed by atoms with E-state index in [0.29, 0.717) is 19.5 Å². The molecular formula is C58H98N2O5. The van der Waals surface area contributed by atoms with Gasteiger partial charge in [0.05, 0.1) is 6.42 Å². The minimum atomic E-state index is -0.796. The van der Waals surface area contributed by atoms with Crippen LogP contribution in [0.5, 0.6) is 0 Å². The molecule has 0 saturated carbocycles. The first kappa shape index (κ1) is 61.6. The zero-order valence-corrected chi connectivity index (χ0v) is 42.8. The number of carbonyl (C=O) groups is 3. The third-order valence-electron chi connectivity index (χ3n) is 11.7. The predicted molar refractivity (Wildman–Crippen MR) is 275 cm³/mol. The maximum atomic E-state index is 12.7. The number of carbonyl (C=O) groups excluding carboxylic acids is 3. The highest BCUT2D eigenvalue weighted by atomic mass is 16.6. The molecule has 0 aromatic carbocycles. The van der Waals surface area contributed by atoms with E-state index < -0.39 is 6.10 Å². The predicted octanol–water partition coefficient (Wildman–Crippen LogP) is 14.4. The summed E-state index contributed by atoms with van der Waals surface area (Å²) in [4.78, 5) is 39.9. The fourth-order valence-corrected chi connectivity index (χ4v) is 7.54. The van der Waals surface area contributed by atoms with Crippen molar-refractivity contribution in [2.45, 2.75) is 270 Å². The zero-order valence-electron chi connectivity index (χ0n) is 42.8. The van der Waals surface area contributed by atoms with Crippen LogP contribution in [-0.2, 0) is 23.9 Å². The number of nitrogens with zero attached hydrogens (tertiary/aromatic N) is 1. The third kappa shape index (κ3) is 51.5. The van der Waals surface area contributed by atoms with E-state index in [1.54, 1.807) is 0 Å². The molecule has 0 bridgehead atoms. The molecule has 7 heteroatoms. The van der Waals surface area contributed by atoms with Crippen molar-refractivity contribution in [3.63, 3.8) is 0 Å². The minimum absolute atomic E-state index is 0.0311. The molecule has 0 aliphatic carbocycles. The van der Waals surface area contributed by atoms with Crippen LogP contribution in [0.1, 0.15) is 264 Å². The lowest BCUT2D eigenvalue weighted by molar-refractivity contribution is -0.160.